The van der Waals surface area contributed by atoms with Crippen LogP contribution in [0.2, 0.25) is 0 Å². The third-order valence-corrected chi connectivity index (χ3v) is 3.79. The molecule has 0 saturated carbocycles. The minimum Gasteiger partial charge on any atom is -0.367 e. The minimum absolute atomic E-state index is 0.139. The van der Waals surface area contributed by atoms with Gasteiger partial charge in [0, 0.05) is 6.61 Å². The van der Waals surface area contributed by atoms with Crippen molar-refractivity contribution in [2.24, 2.45) is 5.73 Å². The van der Waals surface area contributed by atoms with Gasteiger partial charge in [-0.1, -0.05) is 77.0 Å². The summed E-state index contributed by atoms with van der Waals surface area (Å²) in [6.07, 6.45) is 17.7. The molecule has 0 aliphatic heterocycles. The van der Waals surface area contributed by atoms with Crippen LogP contribution in [0.3, 0.4) is 0 Å². The number of unbranched alkanes of at least 4 members (excludes halogenated alkanes) is 13. The average Bonchev–Trinajstić information content (AvgIpc) is 2.47. The van der Waals surface area contributed by atoms with Gasteiger partial charge in [0.05, 0.1) is 13.4 Å². The van der Waals surface area contributed by atoms with Crippen molar-refractivity contribution >= 4 is 0 Å². The van der Waals surface area contributed by atoms with Gasteiger partial charge >= 0.3 is 0 Å². The highest BCUT2D eigenvalue weighted by Crippen LogP contribution is 2.12. The number of ether oxygens (including phenoxy) is 1. The molecule has 0 saturated heterocycles. The van der Waals surface area contributed by atoms with Crippen molar-refractivity contribution in [1.29, 1.82) is 0 Å². The highest BCUT2D eigenvalue weighted by Gasteiger charge is 1.94. The Hall–Kier alpha value is -0.150. The number of alkyl halides is 1. The number of hydrogen-bond donors (Lipinski definition) is 1. The topological polar surface area (TPSA) is 35.2 Å². The Morgan fingerprint density at radius 1 is 0.550 bits per heavy atom. The van der Waals surface area contributed by atoms with Crippen molar-refractivity contribution in [1.82, 2.24) is 0 Å². The summed E-state index contributed by atoms with van der Waals surface area (Å²) in [5, 5.41) is 0. The molecule has 3 heteroatoms. The van der Waals surface area contributed by atoms with E-state index in [1.54, 1.807) is 0 Å². The number of rotatable bonds is 17. The molecule has 2 N–H and O–H groups in total. The summed E-state index contributed by atoms with van der Waals surface area (Å²) in [4.78, 5) is 0. The molecule has 0 atom stereocenters. The van der Waals surface area contributed by atoms with Crippen LogP contribution in [-0.4, -0.2) is 20.0 Å². The number of nitrogens with two attached hydrogens (primary N) is 1. The molecule has 0 aromatic rings. The first-order chi connectivity index (χ1) is 9.91. The summed E-state index contributed by atoms with van der Waals surface area (Å²) in [7, 11) is 0. The molecule has 0 aliphatic rings. The Labute approximate surface area is 125 Å². The van der Waals surface area contributed by atoms with Gasteiger partial charge in [-0.25, -0.2) is 0 Å². The van der Waals surface area contributed by atoms with Crippen molar-refractivity contribution in [2.75, 3.05) is 20.0 Å². The molecule has 0 fully saturated rings. The lowest BCUT2D eigenvalue weighted by atomic mass is 10.0. The second kappa shape index (κ2) is 18.9. The highest BCUT2D eigenvalue weighted by atomic mass is 19.1. The molecule has 20 heavy (non-hydrogen) atoms. The predicted octanol–water partition coefficient (Wildman–Crippen LogP) is 5.35. The molecule has 0 bridgehead atoms. The van der Waals surface area contributed by atoms with Crippen LogP contribution >= 0.6 is 0 Å². The summed E-state index contributed by atoms with van der Waals surface area (Å²) >= 11 is 0. The van der Waals surface area contributed by atoms with Gasteiger partial charge in [-0.15, -0.1) is 0 Å². The predicted molar refractivity (Wildman–Crippen MR) is 85.6 cm³/mol. The molecule has 0 aliphatic carbocycles. The van der Waals surface area contributed by atoms with Crippen molar-refractivity contribution in [3.05, 3.63) is 0 Å². The first kappa shape index (κ1) is 19.9. The molecule has 122 valence electrons. The van der Waals surface area contributed by atoms with Crippen molar-refractivity contribution in [3.8, 4) is 0 Å². The van der Waals surface area contributed by atoms with Crippen LogP contribution in [0.25, 0.3) is 0 Å². The molecule has 0 unspecified atom stereocenters. The third-order valence-electron chi connectivity index (χ3n) is 3.79. The molecular weight excluding hydrogens is 253 g/mol. The van der Waals surface area contributed by atoms with Gasteiger partial charge in [0.1, 0.15) is 0 Å². The van der Waals surface area contributed by atoms with Crippen LogP contribution in [-0.2, 0) is 4.74 Å². The Kier molecular flexibility index (Phi) is 18.7. The molecule has 2 nitrogen and oxygen atoms in total. The Morgan fingerprint density at radius 3 is 1.25 bits per heavy atom. The van der Waals surface area contributed by atoms with Gasteiger partial charge in [-0.05, 0) is 12.8 Å². The first-order valence-electron chi connectivity index (χ1n) is 8.75. The molecule has 0 radical (unpaired) electrons. The van der Waals surface area contributed by atoms with E-state index >= 15 is 0 Å². The van der Waals surface area contributed by atoms with Crippen LogP contribution in [0.15, 0.2) is 0 Å². The van der Waals surface area contributed by atoms with E-state index in [1.807, 2.05) is 0 Å². The van der Waals surface area contributed by atoms with Gasteiger partial charge < -0.3 is 10.5 Å². The zero-order valence-electron chi connectivity index (χ0n) is 13.4. The summed E-state index contributed by atoms with van der Waals surface area (Å²) in [6, 6.07) is 0. The van der Waals surface area contributed by atoms with Gasteiger partial charge in [0.25, 0.3) is 0 Å². The molecule has 0 spiro atoms. The van der Waals surface area contributed by atoms with Crippen molar-refractivity contribution < 1.29 is 9.13 Å². The monoisotopic (exact) mass is 289 g/mol. The van der Waals surface area contributed by atoms with Gasteiger partial charge in [-0.3, -0.25) is 4.39 Å². The normalized spacial score (nSPS) is 11.1. The van der Waals surface area contributed by atoms with E-state index < -0.39 is 0 Å². The van der Waals surface area contributed by atoms with Gasteiger partial charge in [-0.2, -0.15) is 0 Å². The second-order valence-corrected chi connectivity index (χ2v) is 5.71. The lowest BCUT2D eigenvalue weighted by Gasteiger charge is -2.03. The molecule has 0 amide bonds. The Morgan fingerprint density at radius 2 is 0.900 bits per heavy atom. The maximum absolute atomic E-state index is 11.9. The average molecular weight is 289 g/mol. The summed E-state index contributed by atoms with van der Waals surface area (Å²) in [5.74, 6) is 0. The fraction of sp³-hybridized carbons (Fsp3) is 1.00. The molecule has 0 heterocycles. The van der Waals surface area contributed by atoms with Crippen molar-refractivity contribution in [3.63, 3.8) is 0 Å². The van der Waals surface area contributed by atoms with E-state index in [9.17, 15) is 4.39 Å². The van der Waals surface area contributed by atoms with Crippen LogP contribution in [0.4, 0.5) is 4.39 Å². The summed E-state index contributed by atoms with van der Waals surface area (Å²) in [5.41, 5.74) is 5.25. The summed E-state index contributed by atoms with van der Waals surface area (Å²) in [6.45, 7) is 1.04. The fourth-order valence-electron chi connectivity index (χ4n) is 2.50. The number of hydrogen-bond acceptors (Lipinski definition) is 2. The summed E-state index contributed by atoms with van der Waals surface area (Å²) < 4.78 is 17.0. The SMILES string of the molecule is NCOCCCCCCCCCCCCCCCCF. The molecule has 0 rings (SSSR count). The quantitative estimate of drug-likeness (QED) is 0.289. The standard InChI is InChI=1S/C17H36FNO/c18-15-13-11-9-7-5-3-1-2-4-6-8-10-12-14-16-20-17-19/h1-17,19H2. The van der Waals surface area contributed by atoms with E-state index in [1.165, 1.54) is 70.6 Å². The maximum Gasteiger partial charge on any atom is 0.0940 e. The van der Waals surface area contributed by atoms with E-state index in [2.05, 4.69) is 0 Å². The molecule has 0 aromatic carbocycles. The van der Waals surface area contributed by atoms with Crippen LogP contribution < -0.4 is 5.73 Å². The third kappa shape index (κ3) is 17.8. The van der Waals surface area contributed by atoms with E-state index in [0.717, 1.165) is 25.9 Å². The molecule has 0 aromatic heterocycles. The first-order valence-corrected chi connectivity index (χ1v) is 8.75. The zero-order chi connectivity index (χ0) is 14.7. The van der Waals surface area contributed by atoms with Gasteiger partial charge in [0.2, 0.25) is 0 Å². The van der Waals surface area contributed by atoms with E-state index in [0.29, 0.717) is 6.73 Å². The van der Waals surface area contributed by atoms with Crippen LogP contribution in [0, 0.1) is 0 Å². The molecular formula is C17H36FNO. The largest absolute Gasteiger partial charge is 0.367 e. The highest BCUT2D eigenvalue weighted by molar-refractivity contribution is 4.49. The van der Waals surface area contributed by atoms with Crippen molar-refractivity contribution in [2.45, 2.75) is 89.9 Å². The van der Waals surface area contributed by atoms with Gasteiger partial charge in [0.15, 0.2) is 0 Å². The zero-order valence-corrected chi connectivity index (χ0v) is 13.4. The Balaban J connectivity index is 2.89. The van der Waals surface area contributed by atoms with E-state index in [4.69, 9.17) is 10.5 Å². The smallest absolute Gasteiger partial charge is 0.0940 e. The lowest BCUT2D eigenvalue weighted by molar-refractivity contribution is 0.136. The minimum atomic E-state index is -0.139. The fourth-order valence-corrected chi connectivity index (χ4v) is 2.50. The Bertz CT molecular complexity index is 149. The van der Waals surface area contributed by atoms with Crippen LogP contribution in [0.5, 0.6) is 0 Å². The lowest BCUT2D eigenvalue weighted by Crippen LogP contribution is -2.05. The van der Waals surface area contributed by atoms with E-state index in [-0.39, 0.29) is 6.67 Å². The second-order valence-electron chi connectivity index (χ2n) is 5.71. The number of halogens is 1. The maximum atomic E-state index is 11.9. The van der Waals surface area contributed by atoms with Crippen LogP contribution in [0.1, 0.15) is 89.9 Å².